The summed E-state index contributed by atoms with van der Waals surface area (Å²) >= 11 is 0. The molecule has 0 heterocycles. The molecule has 9 heteroatoms. The van der Waals surface area contributed by atoms with Gasteiger partial charge in [-0.25, -0.2) is 4.39 Å². The molecule has 0 aliphatic rings. The van der Waals surface area contributed by atoms with Crippen LogP contribution >= 0.6 is 0 Å². The van der Waals surface area contributed by atoms with Crippen LogP contribution in [0.3, 0.4) is 0 Å². The van der Waals surface area contributed by atoms with Crippen LogP contribution in [0.25, 0.3) is 0 Å². The molecule has 0 aliphatic heterocycles. The van der Waals surface area contributed by atoms with E-state index in [0.29, 0.717) is 11.6 Å². The third kappa shape index (κ3) is 4.12. The Hall–Kier alpha value is -2.39. The van der Waals surface area contributed by atoms with Crippen molar-refractivity contribution in [2.45, 2.75) is 12.7 Å². The fraction of sp³-hybridized carbons (Fsp3) is 0.133. The molecule has 2 aromatic carbocycles. The molecule has 24 heavy (non-hydrogen) atoms. The number of hydrogen-bond acceptors (Lipinski definition) is 3. The minimum atomic E-state index is -4.89. The third-order valence-electron chi connectivity index (χ3n) is 3.28. The highest BCUT2D eigenvalue weighted by Gasteiger charge is 2.35. The molecular formula is C15H12BF4NO3. The molecule has 126 valence electrons. The highest BCUT2D eigenvalue weighted by atomic mass is 19.4. The van der Waals surface area contributed by atoms with Gasteiger partial charge in [0.15, 0.2) is 0 Å². The first-order valence-corrected chi connectivity index (χ1v) is 6.79. The maximum Gasteiger partial charge on any atom is 0.488 e. The van der Waals surface area contributed by atoms with Gasteiger partial charge in [0, 0.05) is 6.54 Å². The minimum Gasteiger partial charge on any atom is -0.423 e. The van der Waals surface area contributed by atoms with Crippen LogP contribution in [-0.2, 0) is 12.7 Å². The molecule has 0 fully saturated rings. The molecule has 0 saturated carbocycles. The number of nitrogens with one attached hydrogen (secondary N) is 1. The van der Waals surface area contributed by atoms with E-state index in [1.165, 1.54) is 24.3 Å². The van der Waals surface area contributed by atoms with Crippen molar-refractivity contribution in [1.29, 1.82) is 0 Å². The molecule has 3 N–H and O–H groups in total. The molecule has 0 spiro atoms. The Balaban J connectivity index is 2.10. The molecule has 0 radical (unpaired) electrons. The number of alkyl halides is 3. The lowest BCUT2D eigenvalue weighted by atomic mass is 9.80. The predicted molar refractivity (Wildman–Crippen MR) is 78.8 cm³/mol. The molecule has 0 unspecified atom stereocenters. The Morgan fingerprint density at radius 1 is 1.08 bits per heavy atom. The van der Waals surface area contributed by atoms with Crippen molar-refractivity contribution in [3.63, 3.8) is 0 Å². The second kappa shape index (κ2) is 7.02. The first-order valence-electron chi connectivity index (χ1n) is 6.79. The van der Waals surface area contributed by atoms with E-state index in [4.69, 9.17) is 10.0 Å². The molecule has 2 aromatic rings. The Morgan fingerprint density at radius 2 is 1.71 bits per heavy atom. The minimum absolute atomic E-state index is 0.0592. The SMILES string of the molecule is O=C(NCc1ccc(B(O)O)cc1)c1cccc(C(F)(F)F)c1F. The smallest absolute Gasteiger partial charge is 0.423 e. The second-order valence-corrected chi connectivity index (χ2v) is 4.96. The fourth-order valence-electron chi connectivity index (χ4n) is 2.01. The lowest BCUT2D eigenvalue weighted by molar-refractivity contribution is -0.140. The van der Waals surface area contributed by atoms with Gasteiger partial charge in [-0.15, -0.1) is 0 Å². The summed E-state index contributed by atoms with van der Waals surface area (Å²) in [7, 11) is -1.63. The largest absolute Gasteiger partial charge is 0.488 e. The highest BCUT2D eigenvalue weighted by Crippen LogP contribution is 2.32. The summed E-state index contributed by atoms with van der Waals surface area (Å²) in [6.07, 6.45) is -4.89. The Labute approximate surface area is 134 Å². The first-order chi connectivity index (χ1) is 11.2. The van der Waals surface area contributed by atoms with Crippen molar-refractivity contribution in [2.24, 2.45) is 0 Å². The molecule has 2 rings (SSSR count). The summed E-state index contributed by atoms with van der Waals surface area (Å²) in [4.78, 5) is 11.9. The quantitative estimate of drug-likeness (QED) is 0.583. The topological polar surface area (TPSA) is 69.6 Å². The van der Waals surface area contributed by atoms with Crippen molar-refractivity contribution in [1.82, 2.24) is 5.32 Å². The van der Waals surface area contributed by atoms with Crippen molar-refractivity contribution >= 4 is 18.5 Å². The van der Waals surface area contributed by atoms with E-state index in [0.717, 1.165) is 12.1 Å². The third-order valence-corrected chi connectivity index (χ3v) is 3.28. The number of amides is 1. The zero-order valence-corrected chi connectivity index (χ0v) is 12.1. The van der Waals surface area contributed by atoms with E-state index in [1.54, 1.807) is 0 Å². The van der Waals surface area contributed by atoms with Crippen LogP contribution in [0.5, 0.6) is 0 Å². The van der Waals surface area contributed by atoms with Gasteiger partial charge in [-0.05, 0) is 23.2 Å². The van der Waals surface area contributed by atoms with Crippen molar-refractivity contribution in [3.05, 3.63) is 65.0 Å². The van der Waals surface area contributed by atoms with Gasteiger partial charge in [0.2, 0.25) is 0 Å². The zero-order chi connectivity index (χ0) is 17.9. The summed E-state index contributed by atoms with van der Waals surface area (Å²) in [5.74, 6) is -2.61. The van der Waals surface area contributed by atoms with Gasteiger partial charge >= 0.3 is 13.3 Å². The molecule has 0 aromatic heterocycles. The highest BCUT2D eigenvalue weighted by molar-refractivity contribution is 6.58. The molecule has 0 aliphatic carbocycles. The standard InChI is InChI=1S/C15H12BF4NO3/c17-13-11(2-1-3-12(13)15(18,19)20)14(22)21-8-9-4-6-10(7-5-9)16(23)24/h1-7,23-24H,8H2,(H,21,22). The Kier molecular flexibility index (Phi) is 5.25. The molecular weight excluding hydrogens is 329 g/mol. The van der Waals surface area contributed by atoms with E-state index in [2.05, 4.69) is 5.32 Å². The number of hydrogen-bond donors (Lipinski definition) is 3. The average molecular weight is 341 g/mol. The van der Waals surface area contributed by atoms with Crippen molar-refractivity contribution in [3.8, 4) is 0 Å². The van der Waals surface area contributed by atoms with Crippen LogP contribution in [0, 0.1) is 5.82 Å². The van der Waals surface area contributed by atoms with E-state index in [9.17, 15) is 22.4 Å². The van der Waals surface area contributed by atoms with Gasteiger partial charge in [-0.3, -0.25) is 4.79 Å². The number of carbonyl (C=O) groups excluding carboxylic acids is 1. The zero-order valence-electron chi connectivity index (χ0n) is 12.1. The molecule has 0 atom stereocenters. The number of benzene rings is 2. The fourth-order valence-corrected chi connectivity index (χ4v) is 2.01. The van der Waals surface area contributed by atoms with Crippen LogP contribution in [0.4, 0.5) is 17.6 Å². The lowest BCUT2D eigenvalue weighted by Crippen LogP contribution is -2.30. The number of carbonyl (C=O) groups is 1. The molecule has 1 amide bonds. The van der Waals surface area contributed by atoms with E-state index < -0.39 is 36.1 Å². The van der Waals surface area contributed by atoms with E-state index >= 15 is 0 Å². The molecule has 4 nitrogen and oxygen atoms in total. The van der Waals surface area contributed by atoms with Crippen LogP contribution in [0.15, 0.2) is 42.5 Å². The van der Waals surface area contributed by atoms with Crippen LogP contribution in [0.1, 0.15) is 21.5 Å². The van der Waals surface area contributed by atoms with Gasteiger partial charge in [-0.1, -0.05) is 30.3 Å². The number of rotatable bonds is 4. The summed E-state index contributed by atoms with van der Waals surface area (Å²) in [6.45, 7) is -0.0592. The summed E-state index contributed by atoms with van der Waals surface area (Å²) in [6, 6.07) is 8.30. The van der Waals surface area contributed by atoms with Crippen molar-refractivity contribution < 1.29 is 32.4 Å². The van der Waals surface area contributed by atoms with Gasteiger partial charge in [0.25, 0.3) is 5.91 Å². The summed E-state index contributed by atoms with van der Waals surface area (Å²) in [5.41, 5.74) is -1.40. The average Bonchev–Trinajstić information content (AvgIpc) is 2.52. The van der Waals surface area contributed by atoms with Crippen LogP contribution in [-0.4, -0.2) is 23.1 Å². The predicted octanol–water partition coefficient (Wildman–Crippen LogP) is 1.45. The summed E-state index contributed by atoms with van der Waals surface area (Å²) in [5, 5.41) is 20.2. The van der Waals surface area contributed by atoms with Gasteiger partial charge in [-0.2, -0.15) is 13.2 Å². The van der Waals surface area contributed by atoms with Crippen LogP contribution in [0.2, 0.25) is 0 Å². The number of halogens is 4. The maximum absolute atomic E-state index is 13.9. The lowest BCUT2D eigenvalue weighted by Gasteiger charge is -2.11. The summed E-state index contributed by atoms with van der Waals surface area (Å²) < 4.78 is 51.8. The van der Waals surface area contributed by atoms with E-state index in [-0.39, 0.29) is 12.0 Å². The van der Waals surface area contributed by atoms with Gasteiger partial charge in [0.1, 0.15) is 5.82 Å². The normalized spacial score (nSPS) is 11.2. The van der Waals surface area contributed by atoms with Gasteiger partial charge < -0.3 is 15.4 Å². The van der Waals surface area contributed by atoms with Crippen LogP contribution < -0.4 is 10.8 Å². The monoisotopic (exact) mass is 341 g/mol. The van der Waals surface area contributed by atoms with E-state index in [1.807, 2.05) is 0 Å². The van der Waals surface area contributed by atoms with Gasteiger partial charge in [0.05, 0.1) is 11.1 Å². The maximum atomic E-state index is 13.9. The Bertz CT molecular complexity index is 732. The first kappa shape index (κ1) is 18.0. The van der Waals surface area contributed by atoms with Crippen molar-refractivity contribution in [2.75, 3.05) is 0 Å². The second-order valence-electron chi connectivity index (χ2n) is 4.96. The molecule has 0 saturated heterocycles. The Morgan fingerprint density at radius 3 is 2.25 bits per heavy atom. The molecule has 0 bridgehead atoms.